The molecule has 0 aliphatic heterocycles. The van der Waals surface area contributed by atoms with Crippen molar-refractivity contribution in [2.24, 2.45) is 0 Å². The Labute approximate surface area is 69.9 Å². The third kappa shape index (κ3) is 2.42. The molecule has 5 heteroatoms. The molecule has 0 saturated heterocycles. The zero-order chi connectivity index (χ0) is 8.27. The second kappa shape index (κ2) is 3.61. The summed E-state index contributed by atoms with van der Waals surface area (Å²) in [4.78, 5) is 0. The van der Waals surface area contributed by atoms with Crippen LogP contribution in [0, 0.1) is 0 Å². The molecule has 1 rings (SSSR count). The number of rotatable bonds is 3. The lowest BCUT2D eigenvalue weighted by molar-refractivity contribution is 0.926. The number of aromatic nitrogens is 3. The van der Waals surface area contributed by atoms with E-state index in [0.717, 1.165) is 11.4 Å². The van der Waals surface area contributed by atoms with Crippen LogP contribution in [0.2, 0.25) is 0 Å². The fourth-order valence-electron chi connectivity index (χ4n) is 0.613. The smallest absolute Gasteiger partial charge is 0.169 e. The van der Waals surface area contributed by atoms with Crippen LogP contribution in [0.15, 0.2) is 0 Å². The van der Waals surface area contributed by atoms with Gasteiger partial charge in [0.1, 0.15) is 5.69 Å². The van der Waals surface area contributed by atoms with E-state index in [-0.39, 0.29) is 0 Å². The Balaban J connectivity index is 2.44. The largest absolute Gasteiger partial charge is 0.381 e. The van der Waals surface area contributed by atoms with Crippen LogP contribution >= 0.6 is 11.8 Å². The molecule has 0 aliphatic rings. The molecule has 0 fully saturated rings. The van der Waals surface area contributed by atoms with Gasteiger partial charge in [0.2, 0.25) is 0 Å². The summed E-state index contributed by atoms with van der Waals surface area (Å²) < 4.78 is 0. The van der Waals surface area contributed by atoms with E-state index in [1.807, 2.05) is 0 Å². The van der Waals surface area contributed by atoms with Crippen molar-refractivity contribution >= 4 is 17.6 Å². The van der Waals surface area contributed by atoms with Gasteiger partial charge >= 0.3 is 0 Å². The highest BCUT2D eigenvalue weighted by Crippen LogP contribution is 2.17. The van der Waals surface area contributed by atoms with Crippen molar-refractivity contribution in [3.8, 4) is 0 Å². The van der Waals surface area contributed by atoms with E-state index in [9.17, 15) is 0 Å². The average Bonchev–Trinajstić information content (AvgIpc) is 2.31. The minimum absolute atomic E-state index is 0.512. The number of nitrogens with zero attached hydrogens (tertiary/aromatic N) is 2. The van der Waals surface area contributed by atoms with Crippen molar-refractivity contribution in [1.29, 1.82) is 0 Å². The molecule has 0 spiro atoms. The molecule has 0 unspecified atom stereocenters. The SMILES string of the molecule is CC(C)SCc1n[nH]nc1N. The predicted octanol–water partition coefficient (Wildman–Crippen LogP) is 1.03. The van der Waals surface area contributed by atoms with Crippen molar-refractivity contribution in [3.63, 3.8) is 0 Å². The Bertz CT molecular complexity index is 220. The number of hydrogen-bond donors (Lipinski definition) is 2. The van der Waals surface area contributed by atoms with E-state index in [1.54, 1.807) is 11.8 Å². The molecule has 1 aromatic rings. The quantitative estimate of drug-likeness (QED) is 0.714. The number of aromatic amines is 1. The molecule has 1 heterocycles. The van der Waals surface area contributed by atoms with E-state index in [2.05, 4.69) is 29.3 Å². The fraction of sp³-hybridized carbons (Fsp3) is 0.667. The van der Waals surface area contributed by atoms with Gasteiger partial charge in [-0.25, -0.2) is 0 Å². The van der Waals surface area contributed by atoms with Crippen LogP contribution in [0.4, 0.5) is 5.82 Å². The molecule has 0 aromatic carbocycles. The first-order chi connectivity index (χ1) is 5.20. The normalized spacial score (nSPS) is 10.8. The van der Waals surface area contributed by atoms with E-state index in [1.165, 1.54) is 0 Å². The highest BCUT2D eigenvalue weighted by Gasteiger charge is 2.04. The van der Waals surface area contributed by atoms with E-state index < -0.39 is 0 Å². The Hall–Kier alpha value is -0.710. The van der Waals surface area contributed by atoms with Crippen LogP contribution in [0.3, 0.4) is 0 Å². The predicted molar refractivity (Wildman–Crippen MR) is 47.2 cm³/mol. The number of hydrogen-bond acceptors (Lipinski definition) is 4. The molecule has 0 atom stereocenters. The second-order valence-corrected chi connectivity index (χ2v) is 4.08. The van der Waals surface area contributed by atoms with Crippen molar-refractivity contribution in [1.82, 2.24) is 15.4 Å². The highest BCUT2D eigenvalue weighted by molar-refractivity contribution is 7.99. The molecule has 62 valence electrons. The lowest BCUT2D eigenvalue weighted by atomic mass is 10.5. The Morgan fingerprint density at radius 2 is 2.27 bits per heavy atom. The summed E-state index contributed by atoms with van der Waals surface area (Å²) in [6.45, 7) is 4.28. The maximum absolute atomic E-state index is 5.51. The molecule has 4 nitrogen and oxygen atoms in total. The summed E-state index contributed by atoms with van der Waals surface area (Å²) >= 11 is 1.80. The molecular weight excluding hydrogens is 160 g/mol. The Kier molecular flexibility index (Phi) is 2.76. The maximum Gasteiger partial charge on any atom is 0.169 e. The first kappa shape index (κ1) is 8.39. The molecule has 0 saturated carbocycles. The topological polar surface area (TPSA) is 67.6 Å². The van der Waals surface area contributed by atoms with Gasteiger partial charge in [0, 0.05) is 5.75 Å². The summed E-state index contributed by atoms with van der Waals surface area (Å²) in [7, 11) is 0. The van der Waals surface area contributed by atoms with Crippen LogP contribution < -0.4 is 5.73 Å². The summed E-state index contributed by atoms with van der Waals surface area (Å²) in [5.74, 6) is 1.35. The molecule has 0 amide bonds. The summed E-state index contributed by atoms with van der Waals surface area (Å²) in [5.41, 5.74) is 6.36. The fourth-order valence-corrected chi connectivity index (χ4v) is 1.32. The summed E-state index contributed by atoms with van der Waals surface area (Å²) in [6.07, 6.45) is 0. The van der Waals surface area contributed by atoms with Crippen molar-refractivity contribution in [2.75, 3.05) is 5.73 Å². The van der Waals surface area contributed by atoms with Gasteiger partial charge in [-0.3, -0.25) is 0 Å². The lowest BCUT2D eigenvalue weighted by Crippen LogP contribution is -1.94. The number of H-pyrrole nitrogens is 1. The third-order valence-corrected chi connectivity index (χ3v) is 2.31. The Morgan fingerprint density at radius 3 is 2.73 bits per heavy atom. The maximum atomic E-state index is 5.51. The molecule has 3 N–H and O–H groups in total. The zero-order valence-electron chi connectivity index (χ0n) is 6.66. The molecule has 0 radical (unpaired) electrons. The van der Waals surface area contributed by atoms with Gasteiger partial charge in [0.05, 0.1) is 0 Å². The molecular formula is C6H12N4S. The molecule has 0 aliphatic carbocycles. The number of nitrogen functional groups attached to an aromatic ring is 1. The first-order valence-corrected chi connectivity index (χ1v) is 4.51. The van der Waals surface area contributed by atoms with Crippen molar-refractivity contribution in [3.05, 3.63) is 5.69 Å². The average molecular weight is 172 g/mol. The highest BCUT2D eigenvalue weighted by atomic mass is 32.2. The van der Waals surface area contributed by atoms with Crippen LogP contribution in [-0.2, 0) is 5.75 Å². The number of nitrogens with two attached hydrogens (primary N) is 1. The number of thioether (sulfide) groups is 1. The zero-order valence-corrected chi connectivity index (χ0v) is 7.48. The van der Waals surface area contributed by atoms with E-state index in [0.29, 0.717) is 11.1 Å². The number of nitrogens with one attached hydrogen (secondary N) is 1. The van der Waals surface area contributed by atoms with Gasteiger partial charge in [-0.15, -0.1) is 5.10 Å². The lowest BCUT2D eigenvalue weighted by Gasteiger charge is -2.00. The van der Waals surface area contributed by atoms with Gasteiger partial charge in [0.25, 0.3) is 0 Å². The molecule has 11 heavy (non-hydrogen) atoms. The minimum atomic E-state index is 0.512. The third-order valence-electron chi connectivity index (χ3n) is 1.20. The van der Waals surface area contributed by atoms with Crippen LogP contribution in [-0.4, -0.2) is 20.7 Å². The monoisotopic (exact) mass is 172 g/mol. The van der Waals surface area contributed by atoms with Gasteiger partial charge in [-0.2, -0.15) is 22.1 Å². The first-order valence-electron chi connectivity index (χ1n) is 3.47. The van der Waals surface area contributed by atoms with Crippen LogP contribution in [0.1, 0.15) is 19.5 Å². The van der Waals surface area contributed by atoms with Crippen LogP contribution in [0.25, 0.3) is 0 Å². The summed E-state index contributed by atoms with van der Waals surface area (Å²) in [6, 6.07) is 0. The van der Waals surface area contributed by atoms with E-state index in [4.69, 9.17) is 5.73 Å². The van der Waals surface area contributed by atoms with Gasteiger partial charge in [0.15, 0.2) is 5.82 Å². The molecule has 1 aromatic heterocycles. The van der Waals surface area contributed by atoms with Crippen LogP contribution in [0.5, 0.6) is 0 Å². The van der Waals surface area contributed by atoms with Crippen molar-refractivity contribution in [2.45, 2.75) is 24.9 Å². The molecule has 0 bridgehead atoms. The van der Waals surface area contributed by atoms with Gasteiger partial charge in [-0.1, -0.05) is 13.8 Å². The van der Waals surface area contributed by atoms with Gasteiger partial charge < -0.3 is 5.73 Å². The Morgan fingerprint density at radius 1 is 1.55 bits per heavy atom. The standard InChI is InChI=1S/C6H12N4S/c1-4(2)11-3-5-6(7)9-10-8-5/h4H,3H2,1-2H3,(H3,7,8,9,10). The van der Waals surface area contributed by atoms with Crippen molar-refractivity contribution < 1.29 is 0 Å². The minimum Gasteiger partial charge on any atom is -0.381 e. The number of anilines is 1. The van der Waals surface area contributed by atoms with E-state index >= 15 is 0 Å². The summed E-state index contributed by atoms with van der Waals surface area (Å²) in [5, 5.41) is 10.7. The van der Waals surface area contributed by atoms with Gasteiger partial charge in [-0.05, 0) is 5.25 Å². The second-order valence-electron chi connectivity index (χ2n) is 2.52.